The summed E-state index contributed by atoms with van der Waals surface area (Å²) in [5.41, 5.74) is 14.0. The highest BCUT2D eigenvalue weighted by Crippen LogP contribution is 2.39. The molecule has 404 valence electrons. The van der Waals surface area contributed by atoms with Crippen LogP contribution in [0.2, 0.25) is 0 Å². The summed E-state index contributed by atoms with van der Waals surface area (Å²) in [6.45, 7) is 11.9. The topological polar surface area (TPSA) is 189 Å². The Labute approximate surface area is 465 Å². The molecule has 18 heteroatoms. The number of hydrogen-bond donors (Lipinski definition) is 2. The van der Waals surface area contributed by atoms with E-state index >= 15 is 0 Å². The fourth-order valence-electron chi connectivity index (χ4n) is 12.8. The third-order valence-corrected chi connectivity index (χ3v) is 17.1. The Morgan fingerprint density at radius 2 is 1.10 bits per heavy atom. The minimum atomic E-state index is 0.329. The van der Waals surface area contributed by atoms with Crippen LogP contribution in [-0.2, 0) is 13.1 Å². The number of piperazine rings is 2. The van der Waals surface area contributed by atoms with Gasteiger partial charge < -0.3 is 29.9 Å². The van der Waals surface area contributed by atoms with Gasteiger partial charge in [-0.05, 0) is 116 Å². The number of rotatable bonds is 12. The van der Waals surface area contributed by atoms with Crippen LogP contribution in [0, 0.1) is 22.7 Å². The number of nitrogens with one attached hydrogen (secondary N) is 2. The van der Waals surface area contributed by atoms with Crippen molar-refractivity contribution in [3.8, 4) is 46.2 Å². The maximum Gasteiger partial charge on any atom is 0.212 e. The predicted octanol–water partition coefficient (Wildman–Crippen LogP) is 7.80. The molecule has 8 aliphatic rings. The number of methoxy groups -OCH3 is 2. The van der Waals surface area contributed by atoms with Gasteiger partial charge in [0.2, 0.25) is 11.8 Å². The molecule has 4 bridgehead atoms. The summed E-state index contributed by atoms with van der Waals surface area (Å²) >= 11 is 0. The largest absolute Gasteiger partial charge is 0.481 e. The van der Waals surface area contributed by atoms with Crippen molar-refractivity contribution in [2.24, 2.45) is 0 Å². The van der Waals surface area contributed by atoms with Crippen LogP contribution in [0.25, 0.3) is 44.4 Å². The SMILES string of the molecule is COc1ccc(CN2C3CC2CN(c2ccc(-c4cc(C5=CC(C)NCC5)cn5ncc(C#N)c45)cn2)C3)cn1.COc1ccc(CN2C3CC2CN(c2ccc(-c4cc(C5=CCNC(C)C5)cn5ncc(C#N)c45)cn2)C3)cn1. The zero-order valence-electron chi connectivity index (χ0n) is 45.6. The summed E-state index contributed by atoms with van der Waals surface area (Å²) < 4.78 is 14.1. The first kappa shape index (κ1) is 51.0. The van der Waals surface area contributed by atoms with Gasteiger partial charge in [0.1, 0.15) is 23.8 Å². The first-order valence-corrected chi connectivity index (χ1v) is 27.8. The standard InChI is InChI=1S/2C31H32N8O/c2*1-20-9-22(7-8-33-20)24-10-28(31-25(12-32)15-36-39(31)17-24)23-4-5-29(34-14-23)37-18-26-11-27(19-37)38(26)16-21-3-6-30(40-2)35-13-21/h3-6,9-10,13-15,17,20,26-27,33H,7-8,11,16,18-19H2,1-2H3;3-7,10,13-15,17,20,26-27,33H,8-9,11,16,18-19H2,1-2H3. The zero-order valence-corrected chi connectivity index (χ0v) is 45.6. The second-order valence-corrected chi connectivity index (χ2v) is 22.1. The molecule has 8 aromatic rings. The number of hydrogen-bond acceptors (Lipinski definition) is 16. The van der Waals surface area contributed by atoms with E-state index in [1.165, 1.54) is 35.1 Å². The van der Waals surface area contributed by atoms with E-state index in [1.54, 1.807) is 26.6 Å². The van der Waals surface area contributed by atoms with Gasteiger partial charge in [-0.1, -0.05) is 24.3 Å². The van der Waals surface area contributed by atoms with Gasteiger partial charge in [-0.15, -0.1) is 0 Å². The lowest BCUT2D eigenvalue weighted by molar-refractivity contribution is -0.00879. The van der Waals surface area contributed by atoms with Crippen molar-refractivity contribution in [1.82, 2.24) is 59.6 Å². The average molecular weight is 1070 g/mol. The lowest BCUT2D eigenvalue weighted by Gasteiger charge is -2.56. The molecule has 6 fully saturated rings. The summed E-state index contributed by atoms with van der Waals surface area (Å²) in [6, 6.07) is 28.4. The molecule has 8 aromatic heterocycles. The molecule has 6 atom stereocenters. The molecule has 0 saturated carbocycles. The van der Waals surface area contributed by atoms with Crippen LogP contribution >= 0.6 is 0 Å². The first-order chi connectivity index (χ1) is 39.2. The van der Waals surface area contributed by atoms with Gasteiger partial charge in [-0.2, -0.15) is 20.7 Å². The van der Waals surface area contributed by atoms with Gasteiger partial charge in [0.05, 0.1) is 48.8 Å². The van der Waals surface area contributed by atoms with E-state index in [2.05, 4.69) is 137 Å². The highest BCUT2D eigenvalue weighted by atomic mass is 16.5. The van der Waals surface area contributed by atoms with Gasteiger partial charge in [-0.3, -0.25) is 9.80 Å². The number of piperidine rings is 2. The molecule has 2 N–H and O–H groups in total. The quantitative estimate of drug-likeness (QED) is 0.120. The van der Waals surface area contributed by atoms with Crippen molar-refractivity contribution in [1.29, 1.82) is 10.5 Å². The van der Waals surface area contributed by atoms with E-state index in [1.807, 2.05) is 58.3 Å². The number of ether oxygens (including phenoxy) is 2. The normalized spacial score (nSPS) is 22.5. The molecule has 0 spiro atoms. The summed E-state index contributed by atoms with van der Waals surface area (Å²) in [5.74, 6) is 3.30. The smallest absolute Gasteiger partial charge is 0.212 e. The third kappa shape index (κ3) is 9.89. The fourth-order valence-corrected chi connectivity index (χ4v) is 12.8. The monoisotopic (exact) mass is 1060 g/mol. The average Bonchev–Trinajstić information content (AvgIpc) is 4.20. The zero-order chi connectivity index (χ0) is 54.4. The molecular formula is C62H64N16O2. The van der Waals surface area contributed by atoms with Crippen LogP contribution in [0.15, 0.2) is 122 Å². The Bertz CT molecular complexity index is 3700. The Hall–Kier alpha value is -8.52. The van der Waals surface area contributed by atoms with Crippen molar-refractivity contribution in [2.75, 3.05) is 63.3 Å². The highest BCUT2D eigenvalue weighted by molar-refractivity contribution is 5.88. The van der Waals surface area contributed by atoms with Gasteiger partial charge in [0, 0.05) is 154 Å². The molecule has 0 aliphatic carbocycles. The van der Waals surface area contributed by atoms with Crippen LogP contribution in [0.3, 0.4) is 0 Å². The molecular weight excluding hydrogens is 1000 g/mol. The van der Waals surface area contributed by atoms with Crippen molar-refractivity contribution < 1.29 is 9.47 Å². The molecule has 80 heavy (non-hydrogen) atoms. The lowest BCUT2D eigenvalue weighted by atomic mass is 9.87. The Balaban J connectivity index is 0.000000151. The minimum absolute atomic E-state index is 0.329. The molecule has 0 amide bonds. The predicted molar refractivity (Wildman–Crippen MR) is 308 cm³/mol. The number of fused-ring (bicyclic) bond motifs is 6. The third-order valence-electron chi connectivity index (χ3n) is 17.1. The molecule has 8 aliphatic heterocycles. The molecule has 0 radical (unpaired) electrons. The fraction of sp³-hybridized carbons (Fsp3) is 0.355. The minimum Gasteiger partial charge on any atom is -0.481 e. The highest BCUT2D eigenvalue weighted by Gasteiger charge is 2.46. The summed E-state index contributed by atoms with van der Waals surface area (Å²) in [7, 11) is 3.28. The van der Waals surface area contributed by atoms with Crippen LogP contribution in [-0.4, -0.2) is 139 Å². The molecule has 6 saturated heterocycles. The van der Waals surface area contributed by atoms with E-state index in [9.17, 15) is 10.5 Å². The summed E-state index contributed by atoms with van der Waals surface area (Å²) in [5, 5.41) is 35.5. The first-order valence-electron chi connectivity index (χ1n) is 27.8. The number of pyridine rings is 6. The van der Waals surface area contributed by atoms with Crippen LogP contribution in [0.4, 0.5) is 11.6 Å². The Morgan fingerprint density at radius 3 is 1.52 bits per heavy atom. The van der Waals surface area contributed by atoms with Crippen molar-refractivity contribution in [3.63, 3.8) is 0 Å². The second-order valence-electron chi connectivity index (χ2n) is 22.1. The van der Waals surface area contributed by atoms with Gasteiger partial charge in [0.25, 0.3) is 0 Å². The van der Waals surface area contributed by atoms with E-state index in [-0.39, 0.29) is 0 Å². The summed E-state index contributed by atoms with van der Waals surface area (Å²) in [4.78, 5) is 28.5. The number of anilines is 2. The van der Waals surface area contributed by atoms with Crippen LogP contribution in [0.5, 0.6) is 11.8 Å². The van der Waals surface area contributed by atoms with Gasteiger partial charge in [0.15, 0.2) is 0 Å². The molecule has 6 unspecified atom stereocenters. The molecule has 0 aromatic carbocycles. The van der Waals surface area contributed by atoms with Gasteiger partial charge >= 0.3 is 0 Å². The molecule has 16 heterocycles. The number of nitrogens with zero attached hydrogens (tertiary/aromatic N) is 14. The van der Waals surface area contributed by atoms with E-state index in [0.29, 0.717) is 59.1 Å². The number of aromatic nitrogens is 8. The second kappa shape index (κ2) is 21.6. The van der Waals surface area contributed by atoms with Crippen molar-refractivity contribution in [3.05, 3.63) is 156 Å². The van der Waals surface area contributed by atoms with Gasteiger partial charge in [-0.25, -0.2) is 29.0 Å². The molecule has 18 nitrogen and oxygen atoms in total. The van der Waals surface area contributed by atoms with Crippen LogP contribution < -0.4 is 29.9 Å². The Morgan fingerprint density at radius 1 is 0.588 bits per heavy atom. The van der Waals surface area contributed by atoms with E-state index < -0.39 is 0 Å². The van der Waals surface area contributed by atoms with Crippen LogP contribution in [0.1, 0.15) is 72.9 Å². The van der Waals surface area contributed by atoms with E-state index in [4.69, 9.17) is 19.4 Å². The summed E-state index contributed by atoms with van der Waals surface area (Å²) in [6.07, 6.45) is 24.0. The Kier molecular flexibility index (Phi) is 13.8. The maximum absolute atomic E-state index is 9.77. The van der Waals surface area contributed by atoms with Crippen molar-refractivity contribution in [2.45, 2.75) is 88.9 Å². The van der Waals surface area contributed by atoms with E-state index in [0.717, 1.165) is 121 Å². The lowest BCUT2D eigenvalue weighted by Crippen LogP contribution is -2.68. The molecule has 16 rings (SSSR count). The number of nitriles is 2. The maximum atomic E-state index is 9.77. The van der Waals surface area contributed by atoms with Crippen molar-refractivity contribution >= 4 is 33.8 Å².